The summed E-state index contributed by atoms with van der Waals surface area (Å²) in [6.45, 7) is 17.4. The maximum Gasteiger partial charge on any atom is 0.308 e. The largest absolute Gasteiger partial charge is 0.460 e. The molecular weight excluding hydrogens is 448 g/mol. The van der Waals surface area contributed by atoms with Crippen molar-refractivity contribution in [2.45, 2.75) is 105 Å². The van der Waals surface area contributed by atoms with E-state index in [2.05, 4.69) is 20.8 Å². The van der Waals surface area contributed by atoms with Gasteiger partial charge in [0.05, 0.1) is 25.6 Å². The highest BCUT2D eigenvalue weighted by Crippen LogP contribution is 2.24. The molecule has 8 heteroatoms. The lowest BCUT2D eigenvalue weighted by Gasteiger charge is -2.23. The van der Waals surface area contributed by atoms with Gasteiger partial charge in [0.1, 0.15) is 5.60 Å². The van der Waals surface area contributed by atoms with Gasteiger partial charge in [-0.15, -0.1) is 0 Å². The van der Waals surface area contributed by atoms with Crippen molar-refractivity contribution in [3.63, 3.8) is 0 Å². The smallest absolute Gasteiger partial charge is 0.308 e. The molecule has 6 nitrogen and oxygen atoms in total. The fraction of sp³-hybridized carbons (Fsp3) is 0.917. The highest BCUT2D eigenvalue weighted by molar-refractivity contribution is 8.76. The molecule has 0 amide bonds. The molecule has 2 unspecified atom stereocenters. The zero-order chi connectivity index (χ0) is 24.6. The molecule has 32 heavy (non-hydrogen) atoms. The minimum absolute atomic E-state index is 0.0941. The molecule has 0 saturated heterocycles. The van der Waals surface area contributed by atoms with Crippen molar-refractivity contribution in [1.29, 1.82) is 0 Å². The zero-order valence-corrected chi connectivity index (χ0v) is 23.1. The SMILES string of the molecule is CCC(C)(C)OC(=O)CCSSCCC(=O)OC(OCCCCOC(C)C(C)C)C(C)C. The first kappa shape index (κ1) is 31.6. The van der Waals surface area contributed by atoms with Crippen molar-refractivity contribution < 1.29 is 28.5 Å². The number of carbonyl (C=O) groups is 2. The van der Waals surface area contributed by atoms with Crippen LogP contribution in [0.25, 0.3) is 0 Å². The molecule has 0 aliphatic heterocycles. The fourth-order valence-corrected chi connectivity index (χ4v) is 4.16. The number of rotatable bonds is 19. The monoisotopic (exact) mass is 494 g/mol. The lowest BCUT2D eigenvalue weighted by Crippen LogP contribution is -2.27. The summed E-state index contributed by atoms with van der Waals surface area (Å²) in [6, 6.07) is 0. The third-order valence-electron chi connectivity index (χ3n) is 5.04. The van der Waals surface area contributed by atoms with Crippen molar-refractivity contribution in [2.75, 3.05) is 24.7 Å². The summed E-state index contributed by atoms with van der Waals surface area (Å²) >= 11 is 0. The lowest BCUT2D eigenvalue weighted by molar-refractivity contribution is -0.188. The number of unbranched alkanes of at least 4 members (excludes halogenated alkanes) is 1. The molecule has 0 saturated carbocycles. The second kappa shape index (κ2) is 18.0. The Bertz CT molecular complexity index is 511. The Morgan fingerprint density at radius 1 is 0.812 bits per heavy atom. The maximum atomic E-state index is 12.1. The second-order valence-corrected chi connectivity index (χ2v) is 11.9. The predicted octanol–water partition coefficient (Wildman–Crippen LogP) is 6.26. The summed E-state index contributed by atoms with van der Waals surface area (Å²) in [4.78, 5) is 23.9. The van der Waals surface area contributed by atoms with E-state index in [0.29, 0.717) is 36.9 Å². The van der Waals surface area contributed by atoms with E-state index in [1.165, 1.54) is 0 Å². The van der Waals surface area contributed by atoms with Gasteiger partial charge in [0.2, 0.25) is 6.29 Å². The van der Waals surface area contributed by atoms with Gasteiger partial charge in [-0.25, -0.2) is 0 Å². The molecule has 0 radical (unpaired) electrons. The molecule has 0 aromatic heterocycles. The first-order chi connectivity index (χ1) is 15.0. The van der Waals surface area contributed by atoms with Crippen molar-refractivity contribution in [1.82, 2.24) is 0 Å². The van der Waals surface area contributed by atoms with E-state index in [-0.39, 0.29) is 24.0 Å². The van der Waals surface area contributed by atoms with E-state index in [1.807, 2.05) is 34.6 Å². The molecule has 0 rings (SSSR count). The molecule has 0 aromatic rings. The Morgan fingerprint density at radius 2 is 1.34 bits per heavy atom. The van der Waals surface area contributed by atoms with Gasteiger partial charge in [0.15, 0.2) is 0 Å². The van der Waals surface area contributed by atoms with Crippen molar-refractivity contribution in [3.8, 4) is 0 Å². The standard InChI is InChI=1S/C24H46O6S2/c1-9-24(7,8)30-22(26)13-17-32-31-16-12-21(25)29-23(19(4)5)28-15-11-10-14-27-20(6)18(2)3/h18-20,23H,9-17H2,1-8H3. The normalized spacial score (nSPS) is 13.9. The van der Waals surface area contributed by atoms with Gasteiger partial charge in [-0.3, -0.25) is 9.59 Å². The number of ether oxygens (including phenoxy) is 4. The van der Waals surface area contributed by atoms with Crippen molar-refractivity contribution in [2.24, 2.45) is 11.8 Å². The second-order valence-electron chi connectivity index (χ2n) is 9.23. The molecule has 0 heterocycles. The van der Waals surface area contributed by atoms with Crippen molar-refractivity contribution >= 4 is 33.5 Å². The van der Waals surface area contributed by atoms with Crippen LogP contribution in [0.2, 0.25) is 0 Å². The van der Waals surface area contributed by atoms with Crippen LogP contribution in [-0.2, 0) is 28.5 Å². The highest BCUT2D eigenvalue weighted by atomic mass is 33.1. The number of hydrogen-bond acceptors (Lipinski definition) is 8. The number of esters is 2. The molecule has 0 fully saturated rings. The van der Waals surface area contributed by atoms with Crippen molar-refractivity contribution in [3.05, 3.63) is 0 Å². The van der Waals surface area contributed by atoms with Gasteiger partial charge >= 0.3 is 11.9 Å². The molecule has 2 atom stereocenters. The van der Waals surface area contributed by atoms with E-state index in [4.69, 9.17) is 18.9 Å². The third-order valence-corrected chi connectivity index (χ3v) is 7.44. The van der Waals surface area contributed by atoms with Crippen LogP contribution in [0.15, 0.2) is 0 Å². The van der Waals surface area contributed by atoms with E-state index in [1.54, 1.807) is 21.6 Å². The summed E-state index contributed by atoms with van der Waals surface area (Å²) in [7, 11) is 3.14. The fourth-order valence-electron chi connectivity index (χ4n) is 2.22. The lowest BCUT2D eigenvalue weighted by atomic mass is 10.1. The van der Waals surface area contributed by atoms with Gasteiger partial charge in [-0.1, -0.05) is 56.2 Å². The molecule has 0 spiro atoms. The first-order valence-corrected chi connectivity index (χ1v) is 14.4. The first-order valence-electron chi connectivity index (χ1n) is 11.9. The minimum Gasteiger partial charge on any atom is -0.460 e. The zero-order valence-electron chi connectivity index (χ0n) is 21.4. The quantitative estimate of drug-likeness (QED) is 0.0901. The van der Waals surface area contributed by atoms with E-state index in [0.717, 1.165) is 25.9 Å². The highest BCUT2D eigenvalue weighted by Gasteiger charge is 2.20. The topological polar surface area (TPSA) is 71.1 Å². The van der Waals surface area contributed by atoms with Gasteiger partial charge in [-0.2, -0.15) is 0 Å². The van der Waals surface area contributed by atoms with Crippen LogP contribution in [0, 0.1) is 11.8 Å². The van der Waals surface area contributed by atoms with Crippen LogP contribution >= 0.6 is 21.6 Å². The molecule has 0 bridgehead atoms. The number of hydrogen-bond donors (Lipinski definition) is 0. The Labute approximate surface area is 204 Å². The summed E-state index contributed by atoms with van der Waals surface area (Å²) in [5, 5.41) is 0. The molecule has 190 valence electrons. The average Bonchev–Trinajstić information content (AvgIpc) is 2.71. The molecular formula is C24H46O6S2. The molecule has 0 N–H and O–H groups in total. The Balaban J connectivity index is 3.89. The Kier molecular flexibility index (Phi) is 17.7. The van der Waals surface area contributed by atoms with Crippen LogP contribution < -0.4 is 0 Å². The minimum atomic E-state index is -0.521. The Morgan fingerprint density at radius 3 is 1.84 bits per heavy atom. The summed E-state index contributed by atoms with van der Waals surface area (Å²) in [6.07, 6.45) is 3.01. The van der Waals surface area contributed by atoms with Crippen LogP contribution in [-0.4, -0.2) is 54.7 Å². The van der Waals surface area contributed by atoms with Crippen LogP contribution in [0.5, 0.6) is 0 Å². The van der Waals surface area contributed by atoms with Gasteiger partial charge in [0.25, 0.3) is 0 Å². The number of carbonyl (C=O) groups excluding carboxylic acids is 2. The van der Waals surface area contributed by atoms with E-state index >= 15 is 0 Å². The van der Waals surface area contributed by atoms with E-state index < -0.39 is 11.9 Å². The molecule has 0 aliphatic carbocycles. The summed E-state index contributed by atoms with van der Waals surface area (Å²) in [5.41, 5.74) is -0.409. The van der Waals surface area contributed by atoms with Gasteiger partial charge in [-0.05, 0) is 46.0 Å². The molecule has 0 aliphatic rings. The third kappa shape index (κ3) is 17.1. The van der Waals surface area contributed by atoms with Gasteiger partial charge < -0.3 is 18.9 Å². The van der Waals surface area contributed by atoms with Crippen LogP contribution in [0.4, 0.5) is 0 Å². The van der Waals surface area contributed by atoms with Gasteiger partial charge in [0, 0.05) is 24.0 Å². The average molecular weight is 495 g/mol. The Hall–Kier alpha value is -0.440. The summed E-state index contributed by atoms with van der Waals surface area (Å²) in [5.74, 6) is 1.47. The summed E-state index contributed by atoms with van der Waals surface area (Å²) < 4.78 is 22.5. The van der Waals surface area contributed by atoms with Crippen LogP contribution in [0.3, 0.4) is 0 Å². The molecule has 0 aromatic carbocycles. The maximum absolute atomic E-state index is 12.1. The van der Waals surface area contributed by atoms with Crippen LogP contribution in [0.1, 0.15) is 87.5 Å². The predicted molar refractivity (Wildman–Crippen MR) is 135 cm³/mol. The van der Waals surface area contributed by atoms with E-state index in [9.17, 15) is 9.59 Å².